The van der Waals surface area contributed by atoms with Gasteiger partial charge in [0, 0.05) is 23.1 Å². The van der Waals surface area contributed by atoms with E-state index >= 15 is 0 Å². The molecule has 15 heteroatoms. The van der Waals surface area contributed by atoms with Crippen molar-refractivity contribution in [3.8, 4) is 33.0 Å². The molecule has 9 nitrogen and oxygen atoms in total. The molecule has 0 amide bonds. The van der Waals surface area contributed by atoms with Crippen molar-refractivity contribution in [2.24, 2.45) is 0 Å². The first-order valence-corrected chi connectivity index (χ1v) is 13.6. The summed E-state index contributed by atoms with van der Waals surface area (Å²) in [5.41, 5.74) is 2.42. The van der Waals surface area contributed by atoms with Crippen molar-refractivity contribution >= 4 is 38.6 Å². The number of alkyl halides is 3. The fraction of sp³-hybridized carbons (Fsp3) is 0.192. The molecule has 6 aromatic rings. The molecule has 1 atom stereocenters. The van der Waals surface area contributed by atoms with Crippen LogP contribution >= 0.6 is 22.7 Å². The van der Waals surface area contributed by atoms with Gasteiger partial charge in [0.25, 0.3) is 5.19 Å². The van der Waals surface area contributed by atoms with Gasteiger partial charge in [0.1, 0.15) is 40.7 Å². The van der Waals surface area contributed by atoms with Gasteiger partial charge in [-0.3, -0.25) is 5.32 Å². The van der Waals surface area contributed by atoms with Crippen LogP contribution in [0.15, 0.2) is 58.5 Å². The second-order valence-corrected chi connectivity index (χ2v) is 10.6. The molecule has 41 heavy (non-hydrogen) atoms. The van der Waals surface area contributed by atoms with Gasteiger partial charge < -0.3 is 19.0 Å². The Hall–Kier alpha value is -4.05. The molecule has 4 heterocycles. The molecule has 0 spiro atoms. The number of furan rings is 1. The van der Waals surface area contributed by atoms with Gasteiger partial charge in [-0.25, -0.2) is 18.9 Å². The van der Waals surface area contributed by atoms with Crippen LogP contribution in [0.5, 0.6) is 10.9 Å². The third-order valence-corrected chi connectivity index (χ3v) is 7.74. The van der Waals surface area contributed by atoms with E-state index in [0.717, 1.165) is 0 Å². The number of imidazole rings is 1. The van der Waals surface area contributed by atoms with Crippen LogP contribution in [0.1, 0.15) is 17.5 Å². The van der Waals surface area contributed by atoms with Gasteiger partial charge in [-0.05, 0) is 23.0 Å². The van der Waals surface area contributed by atoms with Gasteiger partial charge in [0.05, 0.1) is 30.9 Å². The summed E-state index contributed by atoms with van der Waals surface area (Å²) < 4.78 is 70.0. The summed E-state index contributed by atoms with van der Waals surface area (Å²) in [4.78, 5) is 9.66. The number of hydrogen-bond donors (Lipinski definition) is 2. The van der Waals surface area contributed by atoms with Crippen LogP contribution in [-0.2, 0) is 6.61 Å². The van der Waals surface area contributed by atoms with Crippen LogP contribution in [0.25, 0.3) is 38.0 Å². The highest BCUT2D eigenvalue weighted by molar-refractivity contribution is 7.18. The van der Waals surface area contributed by atoms with Crippen LogP contribution in [0.3, 0.4) is 0 Å². The second-order valence-electron chi connectivity index (χ2n) is 8.81. The molecule has 0 aliphatic rings. The first kappa shape index (κ1) is 27.1. The molecule has 0 saturated heterocycles. The predicted octanol–water partition coefficient (Wildman–Crippen LogP) is 6.20. The molecule has 0 aliphatic heterocycles. The number of nitrogens with zero attached hydrogens (tertiary/aromatic N) is 4. The zero-order valence-electron chi connectivity index (χ0n) is 21.0. The van der Waals surface area contributed by atoms with Crippen molar-refractivity contribution in [1.82, 2.24) is 24.9 Å². The average molecular weight is 606 g/mol. The van der Waals surface area contributed by atoms with E-state index < -0.39 is 24.8 Å². The van der Waals surface area contributed by atoms with E-state index in [2.05, 4.69) is 15.1 Å². The van der Waals surface area contributed by atoms with Crippen molar-refractivity contribution in [2.75, 3.05) is 13.7 Å². The van der Waals surface area contributed by atoms with E-state index in [1.165, 1.54) is 54.0 Å². The van der Waals surface area contributed by atoms with E-state index in [1.54, 1.807) is 34.3 Å². The van der Waals surface area contributed by atoms with Crippen LogP contribution in [0.4, 0.5) is 17.6 Å². The van der Waals surface area contributed by atoms with Crippen molar-refractivity contribution in [3.05, 3.63) is 71.1 Å². The largest absolute Gasteiger partial charge is 0.486 e. The summed E-state index contributed by atoms with van der Waals surface area (Å²) in [6, 6.07) is 10.6. The van der Waals surface area contributed by atoms with Crippen LogP contribution < -0.4 is 14.8 Å². The lowest BCUT2D eigenvalue weighted by atomic mass is 10.1. The normalized spacial score (nSPS) is 12.8. The minimum atomic E-state index is -4.43. The fourth-order valence-electron chi connectivity index (χ4n) is 4.00. The minimum Gasteiger partial charge on any atom is -0.486 e. The number of nitrogens with one attached hydrogen (secondary N) is 1. The number of aliphatic hydroxyl groups excluding tert-OH is 1. The number of rotatable bonds is 9. The number of methoxy groups -OCH3 is 1. The Labute approximate surface area is 236 Å². The molecule has 2 aromatic carbocycles. The van der Waals surface area contributed by atoms with Crippen molar-refractivity contribution in [3.63, 3.8) is 0 Å². The maximum absolute atomic E-state index is 14.4. The Morgan fingerprint density at radius 1 is 1.15 bits per heavy atom. The number of fused-ring (bicyclic) bond motifs is 2. The lowest BCUT2D eigenvalue weighted by Crippen LogP contribution is -2.31. The number of aromatic nitrogens is 4. The standard InChI is InChI=1S/C26H19F4N5O4S2/c1-37-25-34-35-9-18(33-24(35)41-25)21-8-17-19(6-15(27)7-20(17)39-21)38-10-16-11-40-23(32-16)14-4-2-13(3-5-14)22(36)31-12-26(28,29)30/h2-9,11,22,31,36H,10,12H2,1H3. The Kier molecular flexibility index (Phi) is 7.11. The van der Waals surface area contributed by atoms with Gasteiger partial charge in [0.15, 0.2) is 5.76 Å². The topological polar surface area (TPSA) is 107 Å². The summed E-state index contributed by atoms with van der Waals surface area (Å²) in [6.07, 6.45) is -4.20. The maximum atomic E-state index is 14.4. The fourth-order valence-corrected chi connectivity index (χ4v) is 5.51. The van der Waals surface area contributed by atoms with Crippen LogP contribution in [0.2, 0.25) is 0 Å². The Bertz CT molecular complexity index is 1800. The summed E-state index contributed by atoms with van der Waals surface area (Å²) in [5, 5.41) is 19.7. The molecule has 4 aromatic heterocycles. The molecule has 6 rings (SSSR count). The van der Waals surface area contributed by atoms with Crippen molar-refractivity contribution in [2.45, 2.75) is 19.0 Å². The van der Waals surface area contributed by atoms with Crippen LogP contribution in [0, 0.1) is 5.82 Å². The monoisotopic (exact) mass is 605 g/mol. The molecular weight excluding hydrogens is 586 g/mol. The van der Waals surface area contributed by atoms with Crippen LogP contribution in [-0.4, -0.2) is 44.5 Å². The maximum Gasteiger partial charge on any atom is 0.401 e. The lowest BCUT2D eigenvalue weighted by molar-refractivity contribution is -0.131. The van der Waals surface area contributed by atoms with E-state index in [1.807, 2.05) is 5.32 Å². The van der Waals surface area contributed by atoms with Gasteiger partial charge in [-0.1, -0.05) is 24.3 Å². The zero-order chi connectivity index (χ0) is 28.7. The number of thiazole rings is 1. The lowest BCUT2D eigenvalue weighted by Gasteiger charge is -2.15. The van der Waals surface area contributed by atoms with Gasteiger partial charge in [-0.15, -0.1) is 16.4 Å². The average Bonchev–Trinajstić information content (AvgIpc) is 3.72. The molecule has 0 saturated carbocycles. The highest BCUT2D eigenvalue weighted by Gasteiger charge is 2.28. The molecule has 0 bridgehead atoms. The molecule has 212 valence electrons. The third kappa shape index (κ3) is 5.88. The molecular formula is C26H19F4N5O4S2. The minimum absolute atomic E-state index is 0.0532. The van der Waals surface area contributed by atoms with Gasteiger partial charge >= 0.3 is 6.18 Å². The van der Waals surface area contributed by atoms with E-state index in [0.29, 0.717) is 54.4 Å². The van der Waals surface area contributed by atoms with Gasteiger partial charge in [0.2, 0.25) is 4.96 Å². The smallest absolute Gasteiger partial charge is 0.401 e. The summed E-state index contributed by atoms with van der Waals surface area (Å²) in [6.45, 7) is -1.25. The Balaban J connectivity index is 1.16. The predicted molar refractivity (Wildman–Crippen MR) is 143 cm³/mol. The number of aliphatic hydroxyl groups is 1. The SMILES string of the molecule is COc1nn2cc(-c3cc4c(OCc5csc(-c6ccc(C(O)NCC(F)(F)F)cc6)n5)cc(F)cc4o3)nc2s1. The quantitative estimate of drug-likeness (QED) is 0.148. The number of benzene rings is 2. The Morgan fingerprint density at radius 2 is 1.95 bits per heavy atom. The first-order chi connectivity index (χ1) is 19.6. The molecule has 0 aliphatic carbocycles. The highest BCUT2D eigenvalue weighted by atomic mass is 32.1. The number of ether oxygens (including phenoxy) is 2. The van der Waals surface area contributed by atoms with Crippen molar-refractivity contribution < 1.29 is 36.6 Å². The Morgan fingerprint density at radius 3 is 2.68 bits per heavy atom. The van der Waals surface area contributed by atoms with Gasteiger partial charge in [-0.2, -0.15) is 13.2 Å². The molecule has 0 radical (unpaired) electrons. The highest BCUT2D eigenvalue weighted by Crippen LogP contribution is 2.36. The molecule has 1 unspecified atom stereocenters. The summed E-state index contributed by atoms with van der Waals surface area (Å²) in [7, 11) is 1.52. The number of halogens is 4. The second kappa shape index (κ2) is 10.7. The molecule has 2 N–H and O–H groups in total. The summed E-state index contributed by atoms with van der Waals surface area (Å²) in [5.74, 6) is 0.164. The first-order valence-electron chi connectivity index (χ1n) is 11.9. The van der Waals surface area contributed by atoms with Crippen molar-refractivity contribution in [1.29, 1.82) is 0 Å². The van der Waals surface area contributed by atoms with E-state index in [9.17, 15) is 22.7 Å². The molecule has 0 fully saturated rings. The number of hydrogen-bond acceptors (Lipinski definition) is 10. The van der Waals surface area contributed by atoms with E-state index in [-0.39, 0.29) is 12.4 Å². The van der Waals surface area contributed by atoms with E-state index in [4.69, 9.17) is 13.9 Å². The third-order valence-electron chi connectivity index (χ3n) is 5.91. The summed E-state index contributed by atoms with van der Waals surface area (Å²) >= 11 is 2.61. The zero-order valence-corrected chi connectivity index (χ0v) is 22.6.